The van der Waals surface area contributed by atoms with E-state index in [0.29, 0.717) is 12.5 Å². The van der Waals surface area contributed by atoms with Gasteiger partial charge >= 0.3 is 0 Å². The Kier molecular flexibility index (Phi) is 2.06. The number of carbonyl (C=O) groups excluding carboxylic acids is 1. The molecule has 0 spiro atoms. The summed E-state index contributed by atoms with van der Waals surface area (Å²) < 4.78 is 2.24. The van der Waals surface area contributed by atoms with Gasteiger partial charge in [-0.25, -0.2) is 4.98 Å². The maximum atomic E-state index is 11.0. The van der Waals surface area contributed by atoms with Gasteiger partial charge in [-0.15, -0.1) is 0 Å². The fourth-order valence-corrected chi connectivity index (χ4v) is 2.12. The van der Waals surface area contributed by atoms with Gasteiger partial charge in [0.2, 0.25) is 0 Å². The predicted octanol–water partition coefficient (Wildman–Crippen LogP) is 2.50. The summed E-state index contributed by atoms with van der Waals surface area (Å²) in [5.41, 5.74) is 3.25. The van der Waals surface area contributed by atoms with Gasteiger partial charge in [-0.1, -0.05) is 6.07 Å². The summed E-state index contributed by atoms with van der Waals surface area (Å²) in [6.45, 7) is 1.62. The van der Waals surface area contributed by atoms with E-state index in [4.69, 9.17) is 0 Å². The molecule has 0 unspecified atom stereocenters. The highest BCUT2D eigenvalue weighted by Crippen LogP contribution is 2.37. The predicted molar refractivity (Wildman–Crippen MR) is 62.4 cm³/mol. The van der Waals surface area contributed by atoms with Crippen LogP contribution in [0.15, 0.2) is 24.5 Å². The molecule has 3 heteroatoms. The molecule has 1 aromatic heterocycles. The molecule has 0 aliphatic heterocycles. The lowest BCUT2D eigenvalue weighted by molar-refractivity contribution is -0.116. The number of nitrogens with zero attached hydrogens (tertiary/aromatic N) is 2. The molecule has 1 fully saturated rings. The summed E-state index contributed by atoms with van der Waals surface area (Å²) in [5.74, 6) is 0.195. The number of benzene rings is 1. The minimum atomic E-state index is 0.195. The van der Waals surface area contributed by atoms with E-state index in [1.54, 1.807) is 6.92 Å². The van der Waals surface area contributed by atoms with Crippen LogP contribution in [0.3, 0.4) is 0 Å². The lowest BCUT2D eigenvalue weighted by Crippen LogP contribution is -1.96. The van der Waals surface area contributed by atoms with Crippen molar-refractivity contribution in [2.24, 2.45) is 0 Å². The number of fused-ring (bicyclic) bond motifs is 1. The van der Waals surface area contributed by atoms with Crippen LogP contribution in [0.4, 0.5) is 0 Å². The number of hydrogen-bond acceptors (Lipinski definition) is 2. The zero-order valence-corrected chi connectivity index (χ0v) is 9.31. The quantitative estimate of drug-likeness (QED) is 0.786. The molecule has 0 atom stereocenters. The summed E-state index contributed by atoms with van der Waals surface area (Å²) in [6.07, 6.45) is 4.95. The highest BCUT2D eigenvalue weighted by molar-refractivity contribution is 5.81. The summed E-state index contributed by atoms with van der Waals surface area (Å²) >= 11 is 0. The second-order valence-electron chi connectivity index (χ2n) is 4.58. The molecule has 16 heavy (non-hydrogen) atoms. The molecule has 3 nitrogen and oxygen atoms in total. The van der Waals surface area contributed by atoms with Gasteiger partial charge in [0.25, 0.3) is 0 Å². The largest absolute Gasteiger partial charge is 0.327 e. The normalized spacial score (nSPS) is 15.6. The fourth-order valence-electron chi connectivity index (χ4n) is 2.12. The van der Waals surface area contributed by atoms with E-state index >= 15 is 0 Å². The third-order valence-corrected chi connectivity index (χ3v) is 3.03. The van der Waals surface area contributed by atoms with Gasteiger partial charge < -0.3 is 4.57 Å². The molecule has 0 amide bonds. The van der Waals surface area contributed by atoms with Gasteiger partial charge in [0.05, 0.1) is 17.4 Å². The van der Waals surface area contributed by atoms with E-state index in [9.17, 15) is 4.79 Å². The van der Waals surface area contributed by atoms with Gasteiger partial charge in [0.1, 0.15) is 5.78 Å². The average molecular weight is 214 g/mol. The van der Waals surface area contributed by atoms with E-state index in [2.05, 4.69) is 15.6 Å². The molecule has 1 aliphatic rings. The number of carbonyl (C=O) groups is 1. The number of imidazole rings is 1. The molecule has 0 N–H and O–H groups in total. The monoisotopic (exact) mass is 214 g/mol. The van der Waals surface area contributed by atoms with E-state index < -0.39 is 0 Å². The van der Waals surface area contributed by atoms with Gasteiger partial charge in [-0.05, 0) is 37.5 Å². The van der Waals surface area contributed by atoms with Crippen LogP contribution in [0, 0.1) is 0 Å². The molecule has 3 rings (SSSR count). The molecular weight excluding hydrogens is 200 g/mol. The van der Waals surface area contributed by atoms with Crippen molar-refractivity contribution >= 4 is 16.8 Å². The molecule has 1 aromatic carbocycles. The van der Waals surface area contributed by atoms with Gasteiger partial charge in [-0.3, -0.25) is 4.79 Å². The Balaban J connectivity index is 2.02. The second kappa shape index (κ2) is 3.44. The first-order valence-corrected chi connectivity index (χ1v) is 5.69. The Labute approximate surface area is 94.1 Å². The topological polar surface area (TPSA) is 34.9 Å². The Morgan fingerprint density at radius 2 is 2.31 bits per heavy atom. The van der Waals surface area contributed by atoms with Crippen molar-refractivity contribution in [1.29, 1.82) is 0 Å². The van der Waals surface area contributed by atoms with Crippen LogP contribution in [0.5, 0.6) is 0 Å². The van der Waals surface area contributed by atoms with Crippen LogP contribution in [0.1, 0.15) is 31.4 Å². The molecular formula is C13H14N2O. The number of rotatable bonds is 3. The lowest BCUT2D eigenvalue weighted by Gasteiger charge is -2.01. The van der Waals surface area contributed by atoms with E-state index in [0.717, 1.165) is 11.1 Å². The first-order valence-electron chi connectivity index (χ1n) is 5.69. The smallest absolute Gasteiger partial charge is 0.134 e. The minimum Gasteiger partial charge on any atom is -0.327 e. The maximum absolute atomic E-state index is 11.0. The zero-order valence-electron chi connectivity index (χ0n) is 9.31. The Morgan fingerprint density at radius 3 is 3.00 bits per heavy atom. The van der Waals surface area contributed by atoms with Crippen LogP contribution in [-0.4, -0.2) is 15.3 Å². The summed E-state index contributed by atoms with van der Waals surface area (Å²) in [7, 11) is 0. The van der Waals surface area contributed by atoms with Crippen molar-refractivity contribution in [2.45, 2.75) is 32.2 Å². The Hall–Kier alpha value is -1.64. The third kappa shape index (κ3) is 1.62. The third-order valence-electron chi connectivity index (χ3n) is 3.03. The van der Waals surface area contributed by atoms with Gasteiger partial charge in [-0.2, -0.15) is 0 Å². The van der Waals surface area contributed by atoms with Crippen LogP contribution < -0.4 is 0 Å². The molecule has 1 saturated carbocycles. The van der Waals surface area contributed by atoms with E-state index in [1.807, 2.05) is 18.5 Å². The van der Waals surface area contributed by atoms with Crippen LogP contribution in [0.25, 0.3) is 11.0 Å². The molecule has 1 heterocycles. The molecule has 1 aliphatic carbocycles. The van der Waals surface area contributed by atoms with Crippen molar-refractivity contribution in [2.75, 3.05) is 0 Å². The van der Waals surface area contributed by atoms with Crippen LogP contribution in [-0.2, 0) is 11.2 Å². The summed E-state index contributed by atoms with van der Waals surface area (Å²) in [4.78, 5) is 15.4. The number of aromatic nitrogens is 2. The van der Waals surface area contributed by atoms with E-state index in [1.165, 1.54) is 18.4 Å². The number of hydrogen-bond donors (Lipinski definition) is 0. The average Bonchev–Trinajstić information content (AvgIpc) is 2.98. The Bertz CT molecular complexity index is 552. The Morgan fingerprint density at radius 1 is 1.50 bits per heavy atom. The molecule has 2 aromatic rings. The SMILES string of the molecule is CC(=O)Cc1ccc2c(c1)ncn2C1CC1. The minimum absolute atomic E-state index is 0.195. The fraction of sp³-hybridized carbons (Fsp3) is 0.385. The van der Waals surface area contributed by atoms with E-state index in [-0.39, 0.29) is 5.78 Å². The van der Waals surface area contributed by atoms with Crippen molar-refractivity contribution < 1.29 is 4.79 Å². The highest BCUT2D eigenvalue weighted by Gasteiger charge is 2.24. The second-order valence-corrected chi connectivity index (χ2v) is 4.58. The summed E-state index contributed by atoms with van der Waals surface area (Å²) in [5, 5.41) is 0. The number of ketones is 1. The first-order chi connectivity index (χ1) is 7.74. The highest BCUT2D eigenvalue weighted by atomic mass is 16.1. The van der Waals surface area contributed by atoms with Crippen LogP contribution in [0.2, 0.25) is 0 Å². The molecule has 0 bridgehead atoms. The van der Waals surface area contributed by atoms with Crippen molar-refractivity contribution in [1.82, 2.24) is 9.55 Å². The van der Waals surface area contributed by atoms with Gasteiger partial charge in [0.15, 0.2) is 0 Å². The van der Waals surface area contributed by atoms with Gasteiger partial charge in [0, 0.05) is 12.5 Å². The molecule has 0 radical (unpaired) electrons. The molecule has 82 valence electrons. The first kappa shape index (κ1) is 9.58. The van der Waals surface area contributed by atoms with Crippen molar-refractivity contribution in [3.8, 4) is 0 Å². The maximum Gasteiger partial charge on any atom is 0.134 e. The van der Waals surface area contributed by atoms with Crippen LogP contribution >= 0.6 is 0 Å². The number of Topliss-reactive ketones (excluding diaryl/α,β-unsaturated/α-hetero) is 1. The standard InChI is InChI=1S/C13H14N2O/c1-9(16)6-10-2-5-13-12(7-10)14-8-15(13)11-3-4-11/h2,5,7-8,11H,3-4,6H2,1H3. The van der Waals surface area contributed by atoms with Crippen molar-refractivity contribution in [3.05, 3.63) is 30.1 Å². The summed E-state index contributed by atoms with van der Waals surface area (Å²) in [6, 6.07) is 6.79. The lowest BCUT2D eigenvalue weighted by atomic mass is 10.1. The van der Waals surface area contributed by atoms with Crippen molar-refractivity contribution in [3.63, 3.8) is 0 Å². The molecule has 0 saturated heterocycles. The zero-order chi connectivity index (χ0) is 11.1.